The molecule has 5 nitrogen and oxygen atoms in total. The zero-order valence-corrected chi connectivity index (χ0v) is 16.0. The van der Waals surface area contributed by atoms with Gasteiger partial charge in [0.05, 0.1) is 11.1 Å². The smallest absolute Gasteiger partial charge is 0.147 e. The number of hydrogen-bond acceptors (Lipinski definition) is 6. The quantitative estimate of drug-likeness (QED) is 0.824. The van der Waals surface area contributed by atoms with E-state index < -0.39 is 9.84 Å². The lowest BCUT2D eigenvalue weighted by Crippen LogP contribution is -2.20. The molecule has 1 atom stereocenters. The van der Waals surface area contributed by atoms with Crippen LogP contribution in [0.5, 0.6) is 0 Å². The van der Waals surface area contributed by atoms with Gasteiger partial charge in [-0.05, 0) is 43.6 Å². The lowest BCUT2D eigenvalue weighted by molar-refractivity contribution is 0.595. The van der Waals surface area contributed by atoms with Crippen molar-refractivity contribution in [2.75, 3.05) is 17.3 Å². The molecule has 1 unspecified atom stereocenters. The summed E-state index contributed by atoms with van der Waals surface area (Å²) in [5.74, 6) is 2.29. The molecule has 1 N–H and O–H groups in total. The SMILES string of the molecule is Cc1nc(NC(C)CCS(C)(=O)=O)c2c(CC(C)C)csc2n1. The fraction of sp³-hybridized carbons (Fsp3) is 0.625. The lowest BCUT2D eigenvalue weighted by Gasteiger charge is -2.16. The highest BCUT2D eigenvalue weighted by molar-refractivity contribution is 7.90. The van der Waals surface area contributed by atoms with E-state index in [0.717, 1.165) is 28.3 Å². The van der Waals surface area contributed by atoms with Gasteiger partial charge in [0.2, 0.25) is 0 Å². The maximum atomic E-state index is 11.3. The summed E-state index contributed by atoms with van der Waals surface area (Å²) in [7, 11) is -2.95. The molecule has 2 heterocycles. The van der Waals surface area contributed by atoms with Gasteiger partial charge in [-0.1, -0.05) is 13.8 Å². The van der Waals surface area contributed by atoms with Crippen molar-refractivity contribution < 1.29 is 8.42 Å². The Balaban J connectivity index is 2.29. The number of nitrogens with zero attached hydrogens (tertiary/aromatic N) is 2. The molecular formula is C16H25N3O2S2. The van der Waals surface area contributed by atoms with E-state index in [2.05, 4.69) is 34.5 Å². The molecule has 0 saturated heterocycles. The monoisotopic (exact) mass is 355 g/mol. The lowest BCUT2D eigenvalue weighted by atomic mass is 10.0. The third kappa shape index (κ3) is 5.14. The van der Waals surface area contributed by atoms with Crippen molar-refractivity contribution in [2.45, 2.75) is 46.6 Å². The number of fused-ring (bicyclic) bond motifs is 1. The first-order chi connectivity index (χ1) is 10.7. The molecular weight excluding hydrogens is 330 g/mol. The van der Waals surface area contributed by atoms with Gasteiger partial charge in [0.25, 0.3) is 0 Å². The number of anilines is 1. The van der Waals surface area contributed by atoms with Gasteiger partial charge in [-0.15, -0.1) is 11.3 Å². The van der Waals surface area contributed by atoms with Crippen LogP contribution in [-0.2, 0) is 16.3 Å². The summed E-state index contributed by atoms with van der Waals surface area (Å²) in [6.07, 6.45) is 2.82. The first kappa shape index (κ1) is 18.1. The first-order valence-corrected chi connectivity index (χ1v) is 10.8. The molecule has 0 bridgehead atoms. The summed E-state index contributed by atoms with van der Waals surface area (Å²) in [6.45, 7) is 8.26. The Bertz CT molecular complexity index is 782. The first-order valence-electron chi connectivity index (χ1n) is 7.84. The average Bonchev–Trinajstić information content (AvgIpc) is 2.77. The predicted octanol–water partition coefficient (Wildman–Crippen LogP) is 3.43. The van der Waals surface area contributed by atoms with E-state index in [1.165, 1.54) is 11.8 Å². The van der Waals surface area contributed by atoms with Gasteiger partial charge in [-0.3, -0.25) is 0 Å². The molecule has 0 aliphatic heterocycles. The molecule has 0 spiro atoms. The largest absolute Gasteiger partial charge is 0.367 e. The van der Waals surface area contributed by atoms with Crippen molar-refractivity contribution in [3.8, 4) is 0 Å². The molecule has 2 rings (SSSR count). The van der Waals surface area contributed by atoms with Crippen LogP contribution in [0.4, 0.5) is 5.82 Å². The van der Waals surface area contributed by atoms with Crippen LogP contribution in [0.3, 0.4) is 0 Å². The summed E-state index contributed by atoms with van der Waals surface area (Å²) in [4.78, 5) is 10.1. The van der Waals surface area contributed by atoms with E-state index >= 15 is 0 Å². The van der Waals surface area contributed by atoms with Crippen molar-refractivity contribution in [2.24, 2.45) is 5.92 Å². The van der Waals surface area contributed by atoms with Gasteiger partial charge in [-0.25, -0.2) is 18.4 Å². The molecule has 0 aliphatic carbocycles. The van der Waals surface area contributed by atoms with Crippen LogP contribution < -0.4 is 5.32 Å². The maximum absolute atomic E-state index is 11.3. The predicted molar refractivity (Wildman–Crippen MR) is 98.1 cm³/mol. The number of rotatable bonds is 7. The normalized spacial score (nSPS) is 13.7. The van der Waals surface area contributed by atoms with E-state index in [1.54, 1.807) is 11.3 Å². The molecule has 2 aromatic heterocycles. The Morgan fingerprint density at radius 3 is 2.57 bits per heavy atom. The highest BCUT2D eigenvalue weighted by atomic mass is 32.2. The molecule has 0 fully saturated rings. The molecule has 23 heavy (non-hydrogen) atoms. The zero-order valence-electron chi connectivity index (χ0n) is 14.4. The Morgan fingerprint density at radius 2 is 1.96 bits per heavy atom. The summed E-state index contributed by atoms with van der Waals surface area (Å²) >= 11 is 1.64. The second kappa shape index (κ2) is 7.13. The number of sulfone groups is 1. The highest BCUT2D eigenvalue weighted by Gasteiger charge is 2.16. The van der Waals surface area contributed by atoms with Gasteiger partial charge in [0, 0.05) is 12.3 Å². The fourth-order valence-electron chi connectivity index (χ4n) is 2.50. The number of aryl methyl sites for hydroxylation is 1. The van der Waals surface area contributed by atoms with Gasteiger partial charge in [-0.2, -0.15) is 0 Å². The van der Waals surface area contributed by atoms with Crippen LogP contribution in [0.25, 0.3) is 10.2 Å². The van der Waals surface area contributed by atoms with E-state index in [4.69, 9.17) is 0 Å². The second-order valence-electron chi connectivity index (χ2n) is 6.62. The minimum Gasteiger partial charge on any atom is -0.367 e. The van der Waals surface area contributed by atoms with E-state index in [1.807, 2.05) is 13.8 Å². The number of thiophene rings is 1. The van der Waals surface area contributed by atoms with Crippen LogP contribution in [0.15, 0.2) is 5.38 Å². The standard InChI is InChI=1S/C16H25N3O2S2/c1-10(2)8-13-9-22-16-14(13)15(18-12(4)19-16)17-11(3)6-7-23(5,20)21/h9-11H,6-8H2,1-5H3,(H,17,18,19). The summed E-state index contributed by atoms with van der Waals surface area (Å²) < 4.78 is 22.7. The zero-order chi connectivity index (χ0) is 17.2. The van der Waals surface area contributed by atoms with Crippen LogP contribution >= 0.6 is 11.3 Å². The molecule has 7 heteroatoms. The molecule has 0 saturated carbocycles. The number of aromatic nitrogens is 2. The fourth-order valence-corrected chi connectivity index (χ4v) is 4.28. The van der Waals surface area contributed by atoms with Crippen molar-refractivity contribution in [3.63, 3.8) is 0 Å². The molecule has 0 aliphatic rings. The summed E-state index contributed by atoms with van der Waals surface area (Å²) in [6, 6.07) is 0.0361. The van der Waals surface area contributed by atoms with Crippen LogP contribution in [0.1, 0.15) is 38.6 Å². The van der Waals surface area contributed by atoms with E-state index in [9.17, 15) is 8.42 Å². The Morgan fingerprint density at radius 1 is 1.26 bits per heavy atom. The topological polar surface area (TPSA) is 72.0 Å². The Labute approximate surface area is 142 Å². The van der Waals surface area contributed by atoms with Crippen LogP contribution in [0, 0.1) is 12.8 Å². The minimum absolute atomic E-state index is 0.0361. The highest BCUT2D eigenvalue weighted by Crippen LogP contribution is 2.32. The van der Waals surface area contributed by atoms with Crippen molar-refractivity contribution in [1.29, 1.82) is 0 Å². The van der Waals surface area contributed by atoms with Crippen LogP contribution in [-0.4, -0.2) is 36.4 Å². The summed E-state index contributed by atoms with van der Waals surface area (Å²) in [5.41, 5.74) is 1.26. The maximum Gasteiger partial charge on any atom is 0.147 e. The van der Waals surface area contributed by atoms with Gasteiger partial charge < -0.3 is 5.32 Å². The second-order valence-corrected chi connectivity index (χ2v) is 9.74. The molecule has 128 valence electrons. The average molecular weight is 356 g/mol. The van der Waals surface area contributed by atoms with Gasteiger partial charge >= 0.3 is 0 Å². The Kier molecular flexibility index (Phi) is 5.62. The molecule has 2 aromatic rings. The van der Waals surface area contributed by atoms with Crippen molar-refractivity contribution in [3.05, 3.63) is 16.8 Å². The third-order valence-electron chi connectivity index (χ3n) is 3.55. The third-order valence-corrected chi connectivity index (χ3v) is 5.45. The van der Waals surface area contributed by atoms with E-state index in [-0.39, 0.29) is 11.8 Å². The van der Waals surface area contributed by atoms with Gasteiger partial charge in [0.1, 0.15) is 26.3 Å². The number of hydrogen-bond donors (Lipinski definition) is 1. The number of nitrogens with one attached hydrogen (secondary N) is 1. The molecule has 0 amide bonds. The summed E-state index contributed by atoms with van der Waals surface area (Å²) in [5, 5.41) is 6.63. The van der Waals surface area contributed by atoms with E-state index in [0.29, 0.717) is 12.3 Å². The van der Waals surface area contributed by atoms with Gasteiger partial charge in [0.15, 0.2) is 0 Å². The minimum atomic E-state index is -2.95. The van der Waals surface area contributed by atoms with Crippen molar-refractivity contribution >= 4 is 37.2 Å². The Hall–Kier alpha value is -1.21. The molecule has 0 aromatic carbocycles. The molecule has 0 radical (unpaired) electrons. The van der Waals surface area contributed by atoms with Crippen molar-refractivity contribution in [1.82, 2.24) is 9.97 Å². The van der Waals surface area contributed by atoms with Crippen LogP contribution in [0.2, 0.25) is 0 Å².